The molecule has 1 heterocycles. The molecular formula is C7H9NO3. The van der Waals surface area contributed by atoms with Crippen LogP contribution in [-0.4, -0.2) is 18.1 Å². The van der Waals surface area contributed by atoms with Crippen LogP contribution in [0.5, 0.6) is 0 Å². The van der Waals surface area contributed by atoms with Crippen molar-refractivity contribution in [1.29, 1.82) is 0 Å². The van der Waals surface area contributed by atoms with Crippen LogP contribution in [0.4, 0.5) is 0 Å². The van der Waals surface area contributed by atoms with E-state index in [1.165, 1.54) is 13.0 Å². The quantitative estimate of drug-likeness (QED) is 0.341. The number of amides is 1. The van der Waals surface area contributed by atoms with E-state index in [1.807, 2.05) is 0 Å². The van der Waals surface area contributed by atoms with Gasteiger partial charge in [-0.2, -0.15) is 0 Å². The van der Waals surface area contributed by atoms with Gasteiger partial charge in [0, 0.05) is 6.92 Å². The maximum atomic E-state index is 10.7. The van der Waals surface area contributed by atoms with Crippen LogP contribution in [-0.2, 0) is 14.3 Å². The summed E-state index contributed by atoms with van der Waals surface area (Å²) in [5.41, 5.74) is 0. The number of hydrogen-bond acceptors (Lipinski definition) is 3. The zero-order valence-corrected chi connectivity index (χ0v) is 6.16. The van der Waals surface area contributed by atoms with E-state index < -0.39 is 12.2 Å². The minimum atomic E-state index is -0.502. The predicted molar refractivity (Wildman–Crippen MR) is 37.4 cm³/mol. The summed E-state index contributed by atoms with van der Waals surface area (Å²) in [7, 11) is 0. The van der Waals surface area contributed by atoms with Gasteiger partial charge in [-0.3, -0.25) is 9.59 Å². The van der Waals surface area contributed by atoms with E-state index in [9.17, 15) is 9.59 Å². The minimum Gasteiger partial charge on any atom is -0.441 e. The van der Waals surface area contributed by atoms with Crippen LogP contribution in [0.3, 0.4) is 0 Å². The average Bonchev–Trinajstić information content (AvgIpc) is 1.86. The van der Waals surface area contributed by atoms with Gasteiger partial charge in [0.05, 0.1) is 0 Å². The van der Waals surface area contributed by atoms with Crippen molar-refractivity contribution in [3.05, 3.63) is 12.7 Å². The minimum absolute atomic E-state index is 0.147. The van der Waals surface area contributed by atoms with Crippen LogP contribution in [0.15, 0.2) is 12.7 Å². The van der Waals surface area contributed by atoms with Gasteiger partial charge in [-0.25, -0.2) is 0 Å². The summed E-state index contributed by atoms with van der Waals surface area (Å²) < 4.78 is 4.72. The fraction of sp³-hybridized carbons (Fsp3) is 0.429. The third kappa shape index (κ3) is 1.39. The number of carbonyl (C=O) groups excluding carboxylic acids is 2. The molecule has 0 saturated carbocycles. The summed E-state index contributed by atoms with van der Waals surface area (Å²) in [5, 5.41) is 2.42. The van der Waals surface area contributed by atoms with Gasteiger partial charge in [-0.1, -0.05) is 6.08 Å². The molecule has 0 unspecified atom stereocenters. The Morgan fingerprint density at radius 1 is 1.82 bits per heavy atom. The Balaban J connectivity index is 2.45. The Morgan fingerprint density at radius 2 is 2.45 bits per heavy atom. The summed E-state index contributed by atoms with van der Waals surface area (Å²) >= 11 is 0. The van der Waals surface area contributed by atoms with Crippen molar-refractivity contribution < 1.29 is 14.3 Å². The number of nitrogens with one attached hydrogen (secondary N) is 1. The number of carbonyl (C=O) groups is 2. The lowest BCUT2D eigenvalue weighted by atomic mass is 10.00. The Hall–Kier alpha value is -1.32. The highest BCUT2D eigenvalue weighted by atomic mass is 16.6. The van der Waals surface area contributed by atoms with Gasteiger partial charge < -0.3 is 10.1 Å². The molecular weight excluding hydrogens is 146 g/mol. The summed E-state index contributed by atoms with van der Waals surface area (Å²) in [6.45, 7) is 4.73. The lowest BCUT2D eigenvalue weighted by molar-refractivity contribution is -0.163. The Bertz CT molecular complexity index is 212. The third-order valence-electron chi connectivity index (χ3n) is 1.46. The normalized spacial score (nSPS) is 28.3. The predicted octanol–water partition coefficient (Wildman–Crippen LogP) is -0.192. The number of hydrogen-bond donors (Lipinski definition) is 1. The molecule has 1 amide bonds. The van der Waals surface area contributed by atoms with Crippen LogP contribution in [0.25, 0.3) is 0 Å². The zero-order chi connectivity index (χ0) is 8.43. The molecule has 11 heavy (non-hydrogen) atoms. The SMILES string of the molecule is C=C[C@H]1C(=O)N[C@@H]1OC(C)=O. The van der Waals surface area contributed by atoms with Crippen molar-refractivity contribution in [3.8, 4) is 0 Å². The molecule has 0 aromatic carbocycles. The van der Waals surface area contributed by atoms with Crippen molar-refractivity contribution in [2.24, 2.45) is 5.92 Å². The van der Waals surface area contributed by atoms with Crippen LogP contribution in [0.1, 0.15) is 6.92 Å². The molecule has 4 heteroatoms. The standard InChI is InChI=1S/C7H9NO3/c1-3-5-6(10)8-7(5)11-4(2)9/h3,5,7H,1H2,2H3,(H,8,10)/t5-,7+/m0/s1. The van der Waals surface area contributed by atoms with Gasteiger partial charge in [-0.05, 0) is 0 Å². The summed E-state index contributed by atoms with van der Waals surface area (Å²) in [6, 6.07) is 0. The number of β-lactam (4-membered cyclic amide) rings is 1. The molecule has 1 aliphatic heterocycles. The first-order chi connectivity index (χ1) is 5.15. The lowest BCUT2D eigenvalue weighted by Gasteiger charge is -2.33. The zero-order valence-electron chi connectivity index (χ0n) is 6.16. The summed E-state index contributed by atoms with van der Waals surface area (Å²) in [5.74, 6) is -0.924. The fourth-order valence-corrected chi connectivity index (χ4v) is 0.880. The lowest BCUT2D eigenvalue weighted by Crippen LogP contribution is -2.58. The molecule has 1 rings (SSSR count). The van der Waals surface area contributed by atoms with Gasteiger partial charge >= 0.3 is 5.97 Å². The fourth-order valence-electron chi connectivity index (χ4n) is 0.880. The number of ether oxygens (including phenoxy) is 1. The van der Waals surface area contributed by atoms with E-state index in [4.69, 9.17) is 4.74 Å². The average molecular weight is 155 g/mol. The molecule has 0 aliphatic carbocycles. The second-order valence-electron chi connectivity index (χ2n) is 2.30. The van der Waals surface area contributed by atoms with Crippen molar-refractivity contribution >= 4 is 11.9 Å². The first-order valence-corrected chi connectivity index (χ1v) is 3.25. The van der Waals surface area contributed by atoms with Crippen molar-refractivity contribution in [1.82, 2.24) is 5.32 Å². The third-order valence-corrected chi connectivity index (χ3v) is 1.46. The van der Waals surface area contributed by atoms with Gasteiger partial charge in [-0.15, -0.1) is 6.58 Å². The molecule has 0 aromatic heterocycles. The van der Waals surface area contributed by atoms with Gasteiger partial charge in [0.25, 0.3) is 0 Å². The molecule has 0 bridgehead atoms. The van der Waals surface area contributed by atoms with E-state index in [0.29, 0.717) is 0 Å². The smallest absolute Gasteiger partial charge is 0.304 e. The topological polar surface area (TPSA) is 55.4 Å². The maximum absolute atomic E-state index is 10.7. The van der Waals surface area contributed by atoms with Gasteiger partial charge in [0.15, 0.2) is 6.23 Å². The van der Waals surface area contributed by atoms with Gasteiger partial charge in [0.1, 0.15) is 5.92 Å². The Kier molecular flexibility index (Phi) is 1.94. The molecule has 1 saturated heterocycles. The van der Waals surface area contributed by atoms with Crippen LogP contribution >= 0.6 is 0 Å². The molecule has 60 valence electrons. The highest BCUT2D eigenvalue weighted by Gasteiger charge is 2.39. The molecule has 2 atom stereocenters. The summed E-state index contributed by atoms with van der Waals surface area (Å²) in [4.78, 5) is 21.1. The molecule has 0 aromatic rings. The van der Waals surface area contributed by atoms with Crippen LogP contribution in [0, 0.1) is 5.92 Å². The van der Waals surface area contributed by atoms with E-state index in [-0.39, 0.29) is 11.8 Å². The van der Waals surface area contributed by atoms with E-state index in [0.717, 1.165) is 0 Å². The van der Waals surface area contributed by atoms with Gasteiger partial charge in [0.2, 0.25) is 5.91 Å². The largest absolute Gasteiger partial charge is 0.441 e. The van der Waals surface area contributed by atoms with E-state index in [1.54, 1.807) is 0 Å². The van der Waals surface area contributed by atoms with Crippen molar-refractivity contribution in [3.63, 3.8) is 0 Å². The summed E-state index contributed by atoms with van der Waals surface area (Å²) in [6.07, 6.45) is 0.962. The number of esters is 1. The first kappa shape index (κ1) is 7.78. The highest BCUT2D eigenvalue weighted by Crippen LogP contribution is 2.16. The van der Waals surface area contributed by atoms with E-state index in [2.05, 4.69) is 11.9 Å². The second kappa shape index (κ2) is 2.74. The van der Waals surface area contributed by atoms with Crippen molar-refractivity contribution in [2.75, 3.05) is 0 Å². The molecule has 0 radical (unpaired) electrons. The molecule has 1 fully saturated rings. The molecule has 1 aliphatic rings. The second-order valence-corrected chi connectivity index (χ2v) is 2.30. The van der Waals surface area contributed by atoms with Crippen LogP contribution in [0.2, 0.25) is 0 Å². The first-order valence-electron chi connectivity index (χ1n) is 3.25. The van der Waals surface area contributed by atoms with E-state index >= 15 is 0 Å². The monoisotopic (exact) mass is 155 g/mol. The molecule has 0 spiro atoms. The maximum Gasteiger partial charge on any atom is 0.304 e. The molecule has 1 N–H and O–H groups in total. The Labute approximate surface area is 64.2 Å². The van der Waals surface area contributed by atoms with Crippen molar-refractivity contribution in [2.45, 2.75) is 13.2 Å². The molecule has 4 nitrogen and oxygen atoms in total. The Morgan fingerprint density at radius 3 is 2.82 bits per heavy atom. The van der Waals surface area contributed by atoms with Crippen LogP contribution < -0.4 is 5.32 Å². The highest BCUT2D eigenvalue weighted by molar-refractivity contribution is 5.87. The number of rotatable bonds is 2.